The number of ketones is 1. The van der Waals surface area contributed by atoms with Crippen LogP contribution in [-0.2, 0) is 9.53 Å². The van der Waals surface area contributed by atoms with E-state index in [2.05, 4.69) is 27.3 Å². The van der Waals surface area contributed by atoms with Gasteiger partial charge in [-0.3, -0.25) is 4.79 Å². The first-order chi connectivity index (χ1) is 6.16. The van der Waals surface area contributed by atoms with Crippen molar-refractivity contribution in [1.29, 1.82) is 0 Å². The Bertz CT molecular complexity index is 173. The second-order valence-corrected chi connectivity index (χ2v) is 3.68. The molecule has 0 aliphatic carbocycles. The second-order valence-electron chi connectivity index (χ2n) is 2.60. The smallest absolute Gasteiger partial charge is 0.404 e. The predicted molar refractivity (Wildman–Crippen MR) is 57.9 cm³/mol. The molecule has 5 heteroatoms. The highest BCUT2D eigenvalue weighted by atomic mass is 127. The van der Waals surface area contributed by atoms with E-state index >= 15 is 0 Å². The van der Waals surface area contributed by atoms with E-state index in [-0.39, 0.29) is 5.78 Å². The number of primary amides is 1. The van der Waals surface area contributed by atoms with Gasteiger partial charge in [-0.25, -0.2) is 4.79 Å². The van der Waals surface area contributed by atoms with Gasteiger partial charge in [0, 0.05) is 17.3 Å². The third-order valence-corrected chi connectivity index (χ3v) is 2.01. The number of rotatable bonds is 7. The van der Waals surface area contributed by atoms with E-state index < -0.39 is 6.09 Å². The first-order valence-electron chi connectivity index (χ1n) is 4.16. The summed E-state index contributed by atoms with van der Waals surface area (Å²) in [6.07, 6.45) is 1.93. The van der Waals surface area contributed by atoms with Gasteiger partial charge < -0.3 is 10.5 Å². The molecule has 0 aliphatic rings. The first kappa shape index (κ1) is 12.7. The van der Waals surface area contributed by atoms with Crippen molar-refractivity contribution < 1.29 is 14.3 Å². The summed E-state index contributed by atoms with van der Waals surface area (Å²) in [5, 5.41) is 0. The molecule has 4 nitrogen and oxygen atoms in total. The summed E-state index contributed by atoms with van der Waals surface area (Å²) in [5.41, 5.74) is 4.75. The molecule has 0 radical (unpaired) electrons. The van der Waals surface area contributed by atoms with Crippen LogP contribution >= 0.6 is 22.6 Å². The molecule has 0 unspecified atom stereocenters. The van der Waals surface area contributed by atoms with Gasteiger partial charge in [-0.2, -0.15) is 0 Å². The van der Waals surface area contributed by atoms with E-state index in [1.54, 1.807) is 0 Å². The normalized spacial score (nSPS) is 9.62. The van der Waals surface area contributed by atoms with Gasteiger partial charge in [0.15, 0.2) is 0 Å². The lowest BCUT2D eigenvalue weighted by Gasteiger charge is -2.00. The molecule has 0 aliphatic heterocycles. The summed E-state index contributed by atoms with van der Waals surface area (Å²) in [7, 11) is 0. The Morgan fingerprint density at radius 2 is 1.92 bits per heavy atom. The molecule has 0 spiro atoms. The maximum Gasteiger partial charge on any atom is 0.404 e. The topological polar surface area (TPSA) is 69.4 Å². The van der Waals surface area contributed by atoms with Crippen molar-refractivity contribution in [3.63, 3.8) is 0 Å². The zero-order valence-corrected chi connectivity index (χ0v) is 9.58. The lowest BCUT2D eigenvalue weighted by molar-refractivity contribution is -0.118. The molecule has 0 aromatic rings. The highest BCUT2D eigenvalue weighted by molar-refractivity contribution is 14.1. The van der Waals surface area contributed by atoms with Gasteiger partial charge >= 0.3 is 6.09 Å². The maximum atomic E-state index is 11.0. The lowest BCUT2D eigenvalue weighted by Crippen LogP contribution is -2.13. The second kappa shape index (κ2) is 8.28. The Labute approximate surface area is 91.3 Å². The molecular formula is C8H14INO3. The van der Waals surface area contributed by atoms with E-state index in [4.69, 9.17) is 5.73 Å². The molecule has 13 heavy (non-hydrogen) atoms. The summed E-state index contributed by atoms with van der Waals surface area (Å²) >= 11 is 2.17. The largest absolute Gasteiger partial charge is 0.450 e. The number of alkyl halides is 1. The molecule has 76 valence electrons. The first-order valence-corrected chi connectivity index (χ1v) is 5.69. The van der Waals surface area contributed by atoms with E-state index in [1.807, 2.05) is 0 Å². The number of hydrogen-bond acceptors (Lipinski definition) is 3. The predicted octanol–water partition coefficient (Wildman–Crippen LogP) is 1.65. The number of carbonyl (C=O) groups excluding carboxylic acids is 2. The quantitative estimate of drug-likeness (QED) is 0.441. The lowest BCUT2D eigenvalue weighted by atomic mass is 10.1. The van der Waals surface area contributed by atoms with E-state index in [0.717, 1.165) is 10.8 Å². The third kappa shape index (κ3) is 9.59. The van der Waals surface area contributed by atoms with Crippen LogP contribution in [0, 0.1) is 0 Å². The van der Waals surface area contributed by atoms with E-state index in [0.29, 0.717) is 25.9 Å². The Balaban J connectivity index is 3.16. The number of unbranched alkanes of at least 4 members (excludes halogenated alkanes) is 1. The Kier molecular flexibility index (Phi) is 8.07. The summed E-state index contributed by atoms with van der Waals surface area (Å²) in [5.74, 6) is 0.272. The number of carbonyl (C=O) groups is 2. The third-order valence-electron chi connectivity index (χ3n) is 1.47. The summed E-state index contributed by atoms with van der Waals surface area (Å²) in [6, 6.07) is 0. The monoisotopic (exact) mass is 299 g/mol. The van der Waals surface area contributed by atoms with Crippen LogP contribution in [-0.4, -0.2) is 22.9 Å². The maximum absolute atomic E-state index is 11.0. The molecule has 0 aromatic heterocycles. The number of ether oxygens (including phenoxy) is 1. The van der Waals surface area contributed by atoms with Crippen molar-refractivity contribution in [3.05, 3.63) is 0 Å². The van der Waals surface area contributed by atoms with Gasteiger partial charge in [-0.05, 0) is 12.8 Å². The molecule has 0 fully saturated rings. The number of halogens is 1. The minimum atomic E-state index is -0.751. The standard InChI is InChI=1S/C8H14INO3/c9-5-4-7(11)3-1-2-6-13-8(10)12/h1-6H2,(H2,10,12). The average molecular weight is 299 g/mol. The minimum Gasteiger partial charge on any atom is -0.450 e. The van der Waals surface area contributed by atoms with Crippen molar-refractivity contribution in [3.8, 4) is 0 Å². The Morgan fingerprint density at radius 1 is 1.23 bits per heavy atom. The minimum absolute atomic E-state index is 0.272. The average Bonchev–Trinajstić information content (AvgIpc) is 2.03. The van der Waals surface area contributed by atoms with Crippen LogP contribution in [0.4, 0.5) is 4.79 Å². The summed E-state index contributed by atoms with van der Waals surface area (Å²) in [6.45, 7) is 0.312. The van der Waals surface area contributed by atoms with Crippen molar-refractivity contribution in [2.45, 2.75) is 25.7 Å². The van der Waals surface area contributed by atoms with Gasteiger partial charge in [0.25, 0.3) is 0 Å². The fraction of sp³-hybridized carbons (Fsp3) is 0.750. The zero-order chi connectivity index (χ0) is 10.1. The van der Waals surface area contributed by atoms with Crippen molar-refractivity contribution in [2.24, 2.45) is 5.73 Å². The van der Waals surface area contributed by atoms with Crippen LogP contribution < -0.4 is 5.73 Å². The Hall–Kier alpha value is -0.330. The molecule has 0 saturated heterocycles. The van der Waals surface area contributed by atoms with Gasteiger partial charge in [-0.1, -0.05) is 22.6 Å². The number of amides is 1. The van der Waals surface area contributed by atoms with E-state index in [9.17, 15) is 9.59 Å². The molecule has 0 rings (SSSR count). The van der Waals surface area contributed by atoms with Crippen LogP contribution in [0.15, 0.2) is 0 Å². The number of Topliss-reactive ketones (excluding diaryl/α,β-unsaturated/α-hetero) is 1. The van der Waals surface area contributed by atoms with Crippen LogP contribution in [0.3, 0.4) is 0 Å². The molecule has 0 bridgehead atoms. The van der Waals surface area contributed by atoms with Crippen LogP contribution in [0.5, 0.6) is 0 Å². The van der Waals surface area contributed by atoms with Crippen molar-refractivity contribution in [2.75, 3.05) is 11.0 Å². The fourth-order valence-corrected chi connectivity index (χ4v) is 1.43. The zero-order valence-electron chi connectivity index (χ0n) is 7.42. The van der Waals surface area contributed by atoms with Crippen LogP contribution in [0.2, 0.25) is 0 Å². The molecule has 0 saturated carbocycles. The number of hydrogen-bond donors (Lipinski definition) is 1. The molecule has 0 aromatic carbocycles. The van der Waals surface area contributed by atoms with Gasteiger partial charge in [0.05, 0.1) is 6.61 Å². The highest BCUT2D eigenvalue weighted by Gasteiger charge is 2.00. The summed E-state index contributed by atoms with van der Waals surface area (Å²) in [4.78, 5) is 21.1. The SMILES string of the molecule is NC(=O)OCCCCC(=O)CCI. The molecule has 1 amide bonds. The van der Waals surface area contributed by atoms with Crippen LogP contribution in [0.25, 0.3) is 0 Å². The van der Waals surface area contributed by atoms with Crippen LogP contribution in [0.1, 0.15) is 25.7 Å². The van der Waals surface area contributed by atoms with Gasteiger partial charge in [-0.15, -0.1) is 0 Å². The van der Waals surface area contributed by atoms with Gasteiger partial charge in [0.1, 0.15) is 5.78 Å². The Morgan fingerprint density at radius 3 is 2.46 bits per heavy atom. The van der Waals surface area contributed by atoms with Crippen molar-refractivity contribution in [1.82, 2.24) is 0 Å². The highest BCUT2D eigenvalue weighted by Crippen LogP contribution is 2.01. The molecular weight excluding hydrogens is 285 g/mol. The molecule has 0 heterocycles. The molecule has 2 N–H and O–H groups in total. The summed E-state index contributed by atoms with van der Waals surface area (Å²) < 4.78 is 5.38. The fourth-order valence-electron chi connectivity index (χ4n) is 0.827. The number of nitrogens with two attached hydrogens (primary N) is 1. The van der Waals surface area contributed by atoms with E-state index in [1.165, 1.54) is 0 Å². The van der Waals surface area contributed by atoms with Gasteiger partial charge in [0.2, 0.25) is 0 Å². The molecule has 0 atom stereocenters. The van der Waals surface area contributed by atoms with Crippen molar-refractivity contribution >= 4 is 34.5 Å².